The Morgan fingerprint density at radius 1 is 1.06 bits per heavy atom. The van der Waals surface area contributed by atoms with Crippen molar-refractivity contribution in [2.75, 3.05) is 0 Å². The van der Waals surface area contributed by atoms with Gasteiger partial charge in [0.05, 0.1) is 0 Å². The van der Waals surface area contributed by atoms with Gasteiger partial charge in [0.25, 0.3) is 0 Å². The Kier molecular flexibility index (Phi) is 4.00. The van der Waals surface area contributed by atoms with Gasteiger partial charge in [-0.3, -0.25) is 4.79 Å². The Labute approximate surface area is 112 Å². The van der Waals surface area contributed by atoms with Gasteiger partial charge in [-0.1, -0.05) is 60.8 Å². The van der Waals surface area contributed by atoms with Crippen molar-refractivity contribution in [1.29, 1.82) is 0 Å². The van der Waals surface area contributed by atoms with Crippen LogP contribution in [-0.2, 0) is 0 Å². The van der Waals surface area contributed by atoms with Crippen molar-refractivity contribution in [2.45, 2.75) is 16.7 Å². The van der Waals surface area contributed by atoms with Crippen LogP contribution < -0.4 is 0 Å². The molecule has 0 saturated carbocycles. The highest BCUT2D eigenvalue weighted by Gasteiger charge is 2.08. The number of hydrogen-bond donors (Lipinski definition) is 0. The maximum atomic E-state index is 11.6. The minimum absolute atomic E-state index is 0.0918. The van der Waals surface area contributed by atoms with E-state index >= 15 is 0 Å². The molecule has 0 saturated heterocycles. The molecular formula is C16H14OS. The number of carbonyl (C=O) groups is 1. The lowest BCUT2D eigenvalue weighted by molar-refractivity contribution is 0.101. The van der Waals surface area contributed by atoms with E-state index in [1.807, 2.05) is 54.6 Å². The Morgan fingerprint density at radius 2 is 1.67 bits per heavy atom. The third-order valence-electron chi connectivity index (χ3n) is 2.63. The molecule has 2 aromatic carbocycles. The van der Waals surface area contributed by atoms with E-state index in [0.717, 1.165) is 20.9 Å². The molecule has 0 fully saturated rings. The normalized spacial score (nSPS) is 10.1. The molecule has 0 aromatic heterocycles. The average Bonchev–Trinajstić information content (AvgIpc) is 2.40. The minimum Gasteiger partial charge on any atom is -0.294 e. The van der Waals surface area contributed by atoms with Crippen molar-refractivity contribution in [1.82, 2.24) is 0 Å². The molecule has 0 spiro atoms. The van der Waals surface area contributed by atoms with Crippen LogP contribution in [0.25, 0.3) is 6.08 Å². The minimum atomic E-state index is 0.0918. The average molecular weight is 254 g/mol. The van der Waals surface area contributed by atoms with Crippen molar-refractivity contribution in [3.63, 3.8) is 0 Å². The second kappa shape index (κ2) is 5.69. The van der Waals surface area contributed by atoms with E-state index < -0.39 is 0 Å². The predicted molar refractivity (Wildman–Crippen MR) is 77.1 cm³/mol. The molecule has 0 amide bonds. The van der Waals surface area contributed by atoms with Crippen LogP contribution in [0.15, 0.2) is 64.9 Å². The fourth-order valence-corrected chi connectivity index (χ4v) is 2.83. The molecule has 2 aromatic rings. The van der Waals surface area contributed by atoms with E-state index in [9.17, 15) is 4.79 Å². The first-order valence-corrected chi connectivity index (χ1v) is 6.53. The first kappa shape index (κ1) is 12.7. The second-order valence-corrected chi connectivity index (χ2v) is 4.98. The molecule has 0 N–H and O–H groups in total. The zero-order chi connectivity index (χ0) is 13.0. The van der Waals surface area contributed by atoms with Crippen molar-refractivity contribution in [2.24, 2.45) is 0 Å². The largest absolute Gasteiger partial charge is 0.294 e. The summed E-state index contributed by atoms with van der Waals surface area (Å²) in [4.78, 5) is 13.7. The molecule has 0 unspecified atom stereocenters. The highest BCUT2D eigenvalue weighted by Crippen LogP contribution is 2.33. The fraction of sp³-hybridized carbons (Fsp3) is 0.0625. The van der Waals surface area contributed by atoms with Gasteiger partial charge >= 0.3 is 0 Å². The van der Waals surface area contributed by atoms with Crippen molar-refractivity contribution in [3.8, 4) is 0 Å². The molecule has 0 aliphatic heterocycles. The molecule has 2 heteroatoms. The summed E-state index contributed by atoms with van der Waals surface area (Å²) in [5.41, 5.74) is 1.85. The molecule has 0 bridgehead atoms. The van der Waals surface area contributed by atoms with Crippen LogP contribution in [0, 0.1) is 0 Å². The SMILES string of the molecule is C=Cc1ccccc1Sc1ccccc1C(C)=O. The van der Waals surface area contributed by atoms with Crippen molar-refractivity contribution >= 4 is 23.6 Å². The van der Waals surface area contributed by atoms with Gasteiger partial charge in [-0.15, -0.1) is 0 Å². The number of ketones is 1. The van der Waals surface area contributed by atoms with Crippen LogP contribution in [-0.4, -0.2) is 5.78 Å². The highest BCUT2D eigenvalue weighted by molar-refractivity contribution is 7.99. The lowest BCUT2D eigenvalue weighted by Crippen LogP contribution is -1.94. The van der Waals surface area contributed by atoms with Gasteiger partial charge in [0.15, 0.2) is 5.78 Å². The summed E-state index contributed by atoms with van der Waals surface area (Å²) in [7, 11) is 0. The van der Waals surface area contributed by atoms with E-state index in [-0.39, 0.29) is 5.78 Å². The van der Waals surface area contributed by atoms with Gasteiger partial charge in [0.2, 0.25) is 0 Å². The quantitative estimate of drug-likeness (QED) is 0.737. The second-order valence-electron chi connectivity index (χ2n) is 3.90. The summed E-state index contributed by atoms with van der Waals surface area (Å²) in [5.74, 6) is 0.0918. The van der Waals surface area contributed by atoms with Crippen LogP contribution in [0.5, 0.6) is 0 Å². The number of rotatable bonds is 4. The third kappa shape index (κ3) is 2.71. The number of Topliss-reactive ketones (excluding diaryl/α,β-unsaturated/α-hetero) is 1. The Balaban J connectivity index is 2.40. The van der Waals surface area contributed by atoms with Crippen LogP contribution in [0.4, 0.5) is 0 Å². The van der Waals surface area contributed by atoms with Gasteiger partial charge in [0.1, 0.15) is 0 Å². The van der Waals surface area contributed by atoms with Gasteiger partial charge in [-0.25, -0.2) is 0 Å². The van der Waals surface area contributed by atoms with Gasteiger partial charge < -0.3 is 0 Å². The first-order valence-electron chi connectivity index (χ1n) is 5.71. The van der Waals surface area contributed by atoms with E-state index in [1.165, 1.54) is 0 Å². The zero-order valence-electron chi connectivity index (χ0n) is 10.2. The summed E-state index contributed by atoms with van der Waals surface area (Å²) in [6.45, 7) is 5.41. The number of hydrogen-bond acceptors (Lipinski definition) is 2. The molecular weight excluding hydrogens is 240 g/mol. The molecule has 0 radical (unpaired) electrons. The summed E-state index contributed by atoms with van der Waals surface area (Å²) in [5, 5.41) is 0. The fourth-order valence-electron chi connectivity index (χ4n) is 1.71. The Hall–Kier alpha value is -1.80. The molecule has 0 heterocycles. The molecule has 0 atom stereocenters. The highest BCUT2D eigenvalue weighted by atomic mass is 32.2. The van der Waals surface area contributed by atoms with E-state index in [1.54, 1.807) is 18.7 Å². The van der Waals surface area contributed by atoms with E-state index in [2.05, 4.69) is 6.58 Å². The van der Waals surface area contributed by atoms with Crippen molar-refractivity contribution in [3.05, 3.63) is 66.2 Å². The topological polar surface area (TPSA) is 17.1 Å². The summed E-state index contributed by atoms with van der Waals surface area (Å²) in [6, 6.07) is 15.7. The summed E-state index contributed by atoms with van der Waals surface area (Å²) in [6.07, 6.45) is 1.83. The lowest BCUT2D eigenvalue weighted by atomic mass is 10.1. The number of benzene rings is 2. The van der Waals surface area contributed by atoms with Gasteiger partial charge in [-0.2, -0.15) is 0 Å². The van der Waals surface area contributed by atoms with E-state index in [0.29, 0.717) is 0 Å². The predicted octanol–water partition coefficient (Wildman–Crippen LogP) is 4.68. The van der Waals surface area contributed by atoms with Crippen LogP contribution in [0.3, 0.4) is 0 Å². The maximum Gasteiger partial charge on any atom is 0.160 e. The van der Waals surface area contributed by atoms with Crippen LogP contribution in [0.2, 0.25) is 0 Å². The van der Waals surface area contributed by atoms with Gasteiger partial charge in [0, 0.05) is 15.4 Å². The zero-order valence-corrected chi connectivity index (χ0v) is 11.0. The summed E-state index contributed by atoms with van der Waals surface area (Å²) < 4.78 is 0. The smallest absolute Gasteiger partial charge is 0.160 e. The van der Waals surface area contributed by atoms with E-state index in [4.69, 9.17) is 0 Å². The van der Waals surface area contributed by atoms with Crippen molar-refractivity contribution < 1.29 is 4.79 Å². The molecule has 18 heavy (non-hydrogen) atoms. The maximum absolute atomic E-state index is 11.6. The summed E-state index contributed by atoms with van der Waals surface area (Å²) >= 11 is 1.60. The molecule has 2 rings (SSSR count). The number of carbonyl (C=O) groups excluding carboxylic acids is 1. The Bertz CT molecular complexity index is 587. The molecule has 0 aliphatic rings. The Morgan fingerprint density at radius 3 is 2.33 bits per heavy atom. The van der Waals surface area contributed by atoms with Crippen LogP contribution >= 0.6 is 11.8 Å². The third-order valence-corrected chi connectivity index (χ3v) is 3.79. The molecule has 90 valence electrons. The first-order chi connectivity index (χ1) is 8.72. The standard InChI is InChI=1S/C16H14OS/c1-3-13-8-4-6-10-15(13)18-16-11-7-5-9-14(16)12(2)17/h3-11H,1H2,2H3. The lowest BCUT2D eigenvalue weighted by Gasteiger charge is -2.08. The molecule has 0 aliphatic carbocycles. The van der Waals surface area contributed by atoms with Gasteiger partial charge in [-0.05, 0) is 24.6 Å². The van der Waals surface area contributed by atoms with Crippen LogP contribution in [0.1, 0.15) is 22.8 Å². The monoisotopic (exact) mass is 254 g/mol. The molecule has 1 nitrogen and oxygen atoms in total.